The van der Waals surface area contributed by atoms with Gasteiger partial charge in [0.15, 0.2) is 0 Å². The molecule has 0 aliphatic carbocycles. The number of amides is 1. The molecule has 2 N–H and O–H groups in total. The van der Waals surface area contributed by atoms with Crippen LogP contribution in [0.4, 0.5) is 0 Å². The average Bonchev–Trinajstić information content (AvgIpc) is 3.08. The van der Waals surface area contributed by atoms with Crippen molar-refractivity contribution in [1.82, 2.24) is 10.3 Å². The van der Waals surface area contributed by atoms with Crippen LogP contribution in [0.25, 0.3) is 0 Å². The summed E-state index contributed by atoms with van der Waals surface area (Å²) < 4.78 is 0. The second-order valence-electron chi connectivity index (χ2n) is 4.22. The van der Waals surface area contributed by atoms with Gasteiger partial charge in [-0.15, -0.1) is 22.7 Å². The molecule has 0 bridgehead atoms. The van der Waals surface area contributed by atoms with E-state index < -0.39 is 5.97 Å². The molecule has 0 radical (unpaired) electrons. The number of aliphatic carboxylic acids is 1. The smallest absolute Gasteiger partial charge is 0.304 e. The zero-order chi connectivity index (χ0) is 14.4. The number of thiazole rings is 1. The molecule has 106 valence electrons. The predicted molar refractivity (Wildman–Crippen MR) is 77.9 cm³/mol. The van der Waals surface area contributed by atoms with Crippen LogP contribution >= 0.6 is 22.7 Å². The highest BCUT2D eigenvalue weighted by Crippen LogP contribution is 2.27. The Hall–Kier alpha value is -1.73. The van der Waals surface area contributed by atoms with E-state index in [-0.39, 0.29) is 24.7 Å². The maximum absolute atomic E-state index is 11.9. The number of hydrogen-bond acceptors (Lipinski definition) is 5. The highest BCUT2D eigenvalue weighted by Gasteiger charge is 2.20. The fraction of sp³-hybridized carbons (Fsp3) is 0.308. The number of carboxylic acids is 1. The van der Waals surface area contributed by atoms with E-state index in [1.165, 1.54) is 22.7 Å². The quantitative estimate of drug-likeness (QED) is 0.823. The molecule has 7 heteroatoms. The maximum atomic E-state index is 11.9. The van der Waals surface area contributed by atoms with E-state index in [2.05, 4.69) is 10.3 Å². The molecule has 2 rings (SSSR count). The third kappa shape index (κ3) is 4.43. The largest absolute Gasteiger partial charge is 0.481 e. The lowest BCUT2D eigenvalue weighted by atomic mass is 9.99. The summed E-state index contributed by atoms with van der Waals surface area (Å²) in [6.45, 7) is 0.390. The summed E-state index contributed by atoms with van der Waals surface area (Å²) in [4.78, 5) is 27.8. The predicted octanol–water partition coefficient (Wildman–Crippen LogP) is 2.47. The minimum absolute atomic E-state index is 0.0365. The Balaban J connectivity index is 1.90. The Morgan fingerprint density at radius 1 is 1.30 bits per heavy atom. The molecule has 2 aromatic heterocycles. The van der Waals surface area contributed by atoms with Crippen molar-refractivity contribution in [3.05, 3.63) is 39.0 Å². The number of nitrogens with one attached hydrogen (secondary N) is 1. The van der Waals surface area contributed by atoms with Gasteiger partial charge in [0, 0.05) is 28.8 Å². The summed E-state index contributed by atoms with van der Waals surface area (Å²) in [5.74, 6) is -1.32. The van der Waals surface area contributed by atoms with Crippen molar-refractivity contribution < 1.29 is 14.7 Å². The summed E-state index contributed by atoms with van der Waals surface area (Å²) in [6, 6.07) is 3.73. The Labute approximate surface area is 124 Å². The van der Waals surface area contributed by atoms with Crippen LogP contribution in [-0.4, -0.2) is 22.0 Å². The fourth-order valence-electron chi connectivity index (χ4n) is 1.82. The van der Waals surface area contributed by atoms with E-state index in [0.29, 0.717) is 6.54 Å². The molecule has 0 fully saturated rings. The van der Waals surface area contributed by atoms with Crippen LogP contribution in [0.2, 0.25) is 0 Å². The van der Waals surface area contributed by atoms with Gasteiger partial charge in [-0.3, -0.25) is 9.59 Å². The number of carboxylic acid groups (broad SMARTS) is 1. The number of thiophene rings is 1. The standard InChI is InChI=1S/C13H14N2O3S2/c16-11(15-8-12-14-3-5-20-12)6-9(7-13(17)18)10-2-1-4-19-10/h1-5,9H,6-8H2,(H,15,16)(H,17,18). The van der Waals surface area contributed by atoms with E-state index in [4.69, 9.17) is 5.11 Å². The summed E-state index contributed by atoms with van der Waals surface area (Å²) >= 11 is 2.95. The number of nitrogens with zero attached hydrogens (tertiary/aromatic N) is 1. The highest BCUT2D eigenvalue weighted by atomic mass is 32.1. The molecular weight excluding hydrogens is 296 g/mol. The van der Waals surface area contributed by atoms with Gasteiger partial charge in [-0.1, -0.05) is 6.07 Å². The second-order valence-corrected chi connectivity index (χ2v) is 6.18. The minimum atomic E-state index is -0.892. The van der Waals surface area contributed by atoms with Gasteiger partial charge in [0.2, 0.25) is 5.91 Å². The Kier molecular flexibility index (Phi) is 5.25. The molecular formula is C13H14N2O3S2. The molecule has 5 nitrogen and oxygen atoms in total. The summed E-state index contributed by atoms with van der Waals surface area (Å²) in [7, 11) is 0. The van der Waals surface area contributed by atoms with E-state index in [1.54, 1.807) is 6.20 Å². The van der Waals surface area contributed by atoms with Crippen molar-refractivity contribution in [3.63, 3.8) is 0 Å². The van der Waals surface area contributed by atoms with Gasteiger partial charge < -0.3 is 10.4 Å². The Morgan fingerprint density at radius 2 is 2.15 bits per heavy atom. The SMILES string of the molecule is O=C(O)CC(CC(=O)NCc1nccs1)c1cccs1. The first kappa shape index (κ1) is 14.7. The molecule has 0 saturated heterocycles. The molecule has 1 atom stereocenters. The highest BCUT2D eigenvalue weighted by molar-refractivity contribution is 7.10. The summed E-state index contributed by atoms with van der Waals surface area (Å²) in [5, 5.41) is 16.3. The second kappa shape index (κ2) is 7.16. The van der Waals surface area contributed by atoms with Crippen molar-refractivity contribution in [2.75, 3.05) is 0 Å². The monoisotopic (exact) mass is 310 g/mol. The van der Waals surface area contributed by atoms with Crippen LogP contribution in [0.3, 0.4) is 0 Å². The van der Waals surface area contributed by atoms with Crippen LogP contribution < -0.4 is 5.32 Å². The van der Waals surface area contributed by atoms with Gasteiger partial charge in [-0.2, -0.15) is 0 Å². The lowest BCUT2D eigenvalue weighted by molar-refractivity contribution is -0.137. The average molecular weight is 310 g/mol. The third-order valence-corrected chi connectivity index (χ3v) is 4.53. The van der Waals surface area contributed by atoms with Crippen LogP contribution in [-0.2, 0) is 16.1 Å². The first-order chi connectivity index (χ1) is 9.65. The summed E-state index contributed by atoms with van der Waals surface area (Å²) in [5.41, 5.74) is 0. The summed E-state index contributed by atoms with van der Waals surface area (Å²) in [6.07, 6.45) is 1.83. The molecule has 0 spiro atoms. The van der Waals surface area contributed by atoms with Gasteiger partial charge >= 0.3 is 5.97 Å². The third-order valence-electron chi connectivity index (χ3n) is 2.72. The van der Waals surface area contributed by atoms with Gasteiger partial charge in [-0.25, -0.2) is 4.98 Å². The van der Waals surface area contributed by atoms with Gasteiger partial charge in [0.1, 0.15) is 5.01 Å². The zero-order valence-corrected chi connectivity index (χ0v) is 12.2. The molecule has 0 aromatic carbocycles. The van der Waals surface area contributed by atoms with Crippen molar-refractivity contribution >= 4 is 34.6 Å². The minimum Gasteiger partial charge on any atom is -0.481 e. The fourth-order valence-corrected chi connectivity index (χ4v) is 3.20. The number of carbonyl (C=O) groups is 2. The molecule has 20 heavy (non-hydrogen) atoms. The van der Waals surface area contributed by atoms with E-state index >= 15 is 0 Å². The lowest BCUT2D eigenvalue weighted by Gasteiger charge is -2.12. The topological polar surface area (TPSA) is 79.3 Å². The lowest BCUT2D eigenvalue weighted by Crippen LogP contribution is -2.25. The zero-order valence-electron chi connectivity index (χ0n) is 10.6. The molecule has 0 aliphatic heterocycles. The molecule has 0 saturated carbocycles. The first-order valence-corrected chi connectivity index (χ1v) is 7.81. The van der Waals surface area contributed by atoms with Crippen molar-refractivity contribution in [2.45, 2.75) is 25.3 Å². The first-order valence-electron chi connectivity index (χ1n) is 6.05. The van der Waals surface area contributed by atoms with Crippen molar-refractivity contribution in [1.29, 1.82) is 0 Å². The Morgan fingerprint density at radius 3 is 2.75 bits per heavy atom. The van der Waals surface area contributed by atoms with Crippen LogP contribution in [0.15, 0.2) is 29.1 Å². The number of carbonyl (C=O) groups excluding carboxylic acids is 1. The molecule has 2 aromatic rings. The van der Waals surface area contributed by atoms with Gasteiger partial charge in [-0.05, 0) is 11.4 Å². The molecule has 0 aliphatic rings. The number of rotatable bonds is 7. The maximum Gasteiger partial charge on any atom is 0.304 e. The van der Waals surface area contributed by atoms with Gasteiger partial charge in [0.25, 0.3) is 0 Å². The number of hydrogen-bond donors (Lipinski definition) is 2. The molecule has 1 unspecified atom stereocenters. The van der Waals surface area contributed by atoms with Crippen LogP contribution in [0.5, 0.6) is 0 Å². The van der Waals surface area contributed by atoms with E-state index in [9.17, 15) is 9.59 Å². The van der Waals surface area contributed by atoms with Crippen molar-refractivity contribution in [2.24, 2.45) is 0 Å². The Bertz CT molecular complexity index is 552. The van der Waals surface area contributed by atoms with Crippen LogP contribution in [0, 0.1) is 0 Å². The molecule has 1 amide bonds. The normalized spacial score (nSPS) is 12.0. The number of aromatic nitrogens is 1. The van der Waals surface area contributed by atoms with E-state index in [0.717, 1.165) is 9.88 Å². The van der Waals surface area contributed by atoms with Crippen molar-refractivity contribution in [3.8, 4) is 0 Å². The molecule has 2 heterocycles. The van der Waals surface area contributed by atoms with E-state index in [1.807, 2.05) is 22.9 Å². The van der Waals surface area contributed by atoms with Crippen LogP contribution in [0.1, 0.15) is 28.6 Å². The van der Waals surface area contributed by atoms with Gasteiger partial charge in [0.05, 0.1) is 13.0 Å².